The van der Waals surface area contributed by atoms with Gasteiger partial charge < -0.3 is 10.1 Å². The van der Waals surface area contributed by atoms with E-state index in [0.717, 1.165) is 0 Å². The number of rotatable bonds is 5. The Morgan fingerprint density at radius 3 is 2.70 bits per heavy atom. The highest BCUT2D eigenvalue weighted by Crippen LogP contribution is 2.25. The average molecular weight is 299 g/mol. The van der Waals surface area contributed by atoms with Crippen molar-refractivity contribution < 1.29 is 19.1 Å². The van der Waals surface area contributed by atoms with Gasteiger partial charge in [-0.3, -0.25) is 14.9 Å². The Bertz CT molecular complexity index is 519. The fraction of sp³-hybridized carbons (Fsp3) is 0.308. The molecule has 7 heteroatoms. The summed E-state index contributed by atoms with van der Waals surface area (Å²) in [7, 11) is 0. The molecular weight excluding hydrogens is 284 g/mol. The van der Waals surface area contributed by atoms with E-state index in [-0.39, 0.29) is 10.8 Å². The van der Waals surface area contributed by atoms with Crippen molar-refractivity contribution >= 4 is 29.8 Å². The van der Waals surface area contributed by atoms with E-state index >= 15 is 0 Å². The maximum absolute atomic E-state index is 11.7. The molecule has 0 spiro atoms. The Morgan fingerprint density at radius 2 is 2.15 bits per heavy atom. The summed E-state index contributed by atoms with van der Waals surface area (Å²) in [5, 5.41) is 4.77. The van der Waals surface area contributed by atoms with Crippen LogP contribution in [0.3, 0.4) is 0 Å². The van der Waals surface area contributed by atoms with Crippen LogP contribution in [0, 0.1) is 0 Å². The third-order valence-corrected chi connectivity index (χ3v) is 2.63. The van der Waals surface area contributed by atoms with E-state index in [1.54, 1.807) is 6.92 Å². The first-order valence-corrected chi connectivity index (χ1v) is 6.35. The number of hydrogen-bond donors (Lipinski definition) is 2. The minimum Gasteiger partial charge on any atom is -0.479 e. The highest BCUT2D eigenvalue weighted by atomic mass is 35.5. The molecule has 2 N–H and O–H groups in total. The Morgan fingerprint density at radius 1 is 1.45 bits per heavy atom. The van der Waals surface area contributed by atoms with Crippen LogP contribution in [0.1, 0.15) is 24.2 Å². The smallest absolute Gasteiger partial charge is 0.321 e. The predicted molar refractivity (Wildman–Crippen MR) is 74.1 cm³/mol. The van der Waals surface area contributed by atoms with Crippen molar-refractivity contribution in [1.82, 2.24) is 10.6 Å². The number of carbonyl (C=O) groups excluding carboxylic acids is 3. The minimum absolute atomic E-state index is 0.215. The maximum atomic E-state index is 11.7. The second-order valence-corrected chi connectivity index (χ2v) is 4.32. The van der Waals surface area contributed by atoms with Gasteiger partial charge in [0.2, 0.25) is 0 Å². The monoisotopic (exact) mass is 298 g/mol. The average Bonchev–Trinajstić information content (AvgIpc) is 2.41. The summed E-state index contributed by atoms with van der Waals surface area (Å²) < 4.78 is 5.35. The van der Waals surface area contributed by atoms with E-state index in [9.17, 15) is 14.4 Å². The molecule has 20 heavy (non-hydrogen) atoms. The van der Waals surface area contributed by atoms with Crippen LogP contribution in [0.2, 0.25) is 5.02 Å². The van der Waals surface area contributed by atoms with E-state index in [0.29, 0.717) is 18.4 Å². The van der Waals surface area contributed by atoms with Crippen LogP contribution in [0.25, 0.3) is 0 Å². The van der Waals surface area contributed by atoms with Gasteiger partial charge in [0.25, 0.3) is 5.91 Å². The van der Waals surface area contributed by atoms with E-state index in [2.05, 4.69) is 10.6 Å². The number of ether oxygens (including phenoxy) is 1. The van der Waals surface area contributed by atoms with Crippen LogP contribution in [-0.4, -0.2) is 30.9 Å². The molecule has 0 saturated heterocycles. The van der Waals surface area contributed by atoms with Crippen LogP contribution in [0.15, 0.2) is 18.2 Å². The topological polar surface area (TPSA) is 84.5 Å². The zero-order chi connectivity index (χ0) is 15.1. The second-order valence-electron chi connectivity index (χ2n) is 3.92. The molecule has 1 aromatic carbocycles. The molecule has 0 bridgehead atoms. The lowest BCUT2D eigenvalue weighted by molar-refractivity contribution is -0.126. The Balaban J connectivity index is 2.65. The third kappa shape index (κ3) is 4.55. The van der Waals surface area contributed by atoms with Gasteiger partial charge in [-0.2, -0.15) is 0 Å². The Labute approximate surface area is 121 Å². The van der Waals surface area contributed by atoms with Crippen LogP contribution in [0.5, 0.6) is 5.75 Å². The molecule has 0 aromatic heterocycles. The molecule has 0 aliphatic rings. The zero-order valence-corrected chi connectivity index (χ0v) is 11.9. The maximum Gasteiger partial charge on any atom is 0.321 e. The lowest BCUT2D eigenvalue weighted by atomic mass is 10.2. The second kappa shape index (κ2) is 7.49. The first-order valence-electron chi connectivity index (χ1n) is 5.98. The van der Waals surface area contributed by atoms with Crippen LogP contribution >= 0.6 is 11.6 Å². The molecule has 0 aliphatic carbocycles. The van der Waals surface area contributed by atoms with Gasteiger partial charge in [-0.05, 0) is 32.0 Å². The van der Waals surface area contributed by atoms with Crippen molar-refractivity contribution in [1.29, 1.82) is 0 Å². The summed E-state index contributed by atoms with van der Waals surface area (Å²) in [6, 6.07) is 3.85. The number of halogens is 1. The summed E-state index contributed by atoms with van der Waals surface area (Å²) >= 11 is 5.92. The molecule has 0 fully saturated rings. The molecule has 1 atom stereocenters. The van der Waals surface area contributed by atoms with Crippen molar-refractivity contribution in [3.05, 3.63) is 28.8 Å². The van der Waals surface area contributed by atoms with Crippen molar-refractivity contribution in [2.45, 2.75) is 20.0 Å². The number of hydrogen-bond acceptors (Lipinski definition) is 4. The number of benzene rings is 1. The molecule has 3 amide bonds. The third-order valence-electron chi connectivity index (χ3n) is 2.34. The van der Waals surface area contributed by atoms with Crippen LogP contribution in [-0.2, 0) is 4.79 Å². The number of nitrogens with one attached hydrogen (secondary N) is 2. The van der Waals surface area contributed by atoms with E-state index in [4.69, 9.17) is 16.3 Å². The van der Waals surface area contributed by atoms with Crippen LogP contribution in [0.4, 0.5) is 4.79 Å². The molecule has 0 saturated carbocycles. The molecule has 0 aliphatic heterocycles. The van der Waals surface area contributed by atoms with Crippen LogP contribution < -0.4 is 15.4 Å². The van der Waals surface area contributed by atoms with Gasteiger partial charge in [0.15, 0.2) is 6.10 Å². The lowest BCUT2D eigenvalue weighted by Gasteiger charge is -2.15. The van der Waals surface area contributed by atoms with Crippen molar-refractivity contribution in [2.24, 2.45) is 0 Å². The van der Waals surface area contributed by atoms with Gasteiger partial charge in [0.05, 0.1) is 5.02 Å². The standard InChI is InChI=1S/C13H15ClN2O4/c1-3-15-13(19)16-12(18)8(2)20-11-5-4-9(7-17)6-10(11)14/h4-8H,3H2,1-2H3,(H2,15,16,18,19). The molecule has 108 valence electrons. The van der Waals surface area contributed by atoms with Gasteiger partial charge >= 0.3 is 6.03 Å². The predicted octanol–water partition coefficient (Wildman–Crippen LogP) is 1.77. The van der Waals surface area contributed by atoms with Crippen molar-refractivity contribution in [3.63, 3.8) is 0 Å². The lowest BCUT2D eigenvalue weighted by Crippen LogP contribution is -2.45. The van der Waals surface area contributed by atoms with Gasteiger partial charge in [-0.1, -0.05) is 11.6 Å². The number of amides is 3. The number of imide groups is 1. The zero-order valence-electron chi connectivity index (χ0n) is 11.1. The van der Waals surface area contributed by atoms with E-state index in [1.807, 2.05) is 0 Å². The minimum atomic E-state index is -0.905. The molecule has 1 rings (SSSR count). The van der Waals surface area contributed by atoms with Gasteiger partial charge in [0, 0.05) is 12.1 Å². The molecule has 0 radical (unpaired) electrons. The highest BCUT2D eigenvalue weighted by molar-refractivity contribution is 6.32. The quantitative estimate of drug-likeness (QED) is 0.811. The van der Waals surface area contributed by atoms with E-state index < -0.39 is 18.0 Å². The van der Waals surface area contributed by atoms with E-state index in [1.165, 1.54) is 25.1 Å². The highest BCUT2D eigenvalue weighted by Gasteiger charge is 2.18. The molecule has 6 nitrogen and oxygen atoms in total. The SMILES string of the molecule is CCNC(=O)NC(=O)C(C)Oc1ccc(C=O)cc1Cl. The van der Waals surface area contributed by atoms with Gasteiger partial charge in [0.1, 0.15) is 12.0 Å². The first-order chi connectivity index (χ1) is 9.47. The summed E-state index contributed by atoms with van der Waals surface area (Å²) in [5.41, 5.74) is 0.404. The number of urea groups is 1. The van der Waals surface area contributed by atoms with Gasteiger partial charge in [-0.25, -0.2) is 4.79 Å². The van der Waals surface area contributed by atoms with Crippen molar-refractivity contribution in [3.8, 4) is 5.75 Å². The van der Waals surface area contributed by atoms with Gasteiger partial charge in [-0.15, -0.1) is 0 Å². The summed E-state index contributed by atoms with van der Waals surface area (Å²) in [6.45, 7) is 3.63. The number of carbonyl (C=O) groups is 3. The summed E-state index contributed by atoms with van der Waals surface area (Å²) in [6.07, 6.45) is -0.252. The Kier molecular flexibility index (Phi) is 5.99. The molecular formula is C13H15ClN2O4. The fourth-order valence-electron chi connectivity index (χ4n) is 1.35. The summed E-state index contributed by atoms with van der Waals surface area (Å²) in [5.74, 6) is -0.331. The summed E-state index contributed by atoms with van der Waals surface area (Å²) in [4.78, 5) is 33.4. The molecule has 1 unspecified atom stereocenters. The van der Waals surface area contributed by atoms with Crippen molar-refractivity contribution in [2.75, 3.05) is 6.54 Å². The molecule has 0 heterocycles. The number of aldehydes is 1. The Hall–Kier alpha value is -2.08. The fourth-order valence-corrected chi connectivity index (χ4v) is 1.58. The largest absolute Gasteiger partial charge is 0.479 e. The first kappa shape index (κ1) is 16.0. The molecule has 1 aromatic rings. The normalized spacial score (nSPS) is 11.3.